The third-order valence-corrected chi connectivity index (χ3v) is 8.25. The van der Waals surface area contributed by atoms with Crippen molar-refractivity contribution in [3.05, 3.63) is 71.9 Å². The molecule has 0 aliphatic carbocycles. The maximum Gasteiger partial charge on any atom is 0.474 e. The second-order valence-corrected chi connectivity index (χ2v) is 11.2. The highest BCUT2D eigenvalue weighted by Crippen LogP contribution is 2.49. The van der Waals surface area contributed by atoms with Crippen molar-refractivity contribution in [3.8, 4) is 0 Å². The summed E-state index contributed by atoms with van der Waals surface area (Å²) in [5, 5.41) is 14.3. The zero-order chi connectivity index (χ0) is 31.4. The summed E-state index contributed by atoms with van der Waals surface area (Å²) in [6.07, 6.45) is 1.50. The smallest absolute Gasteiger partial charge is 0.465 e. The molecule has 1 aromatic heterocycles. The Kier molecular flexibility index (Phi) is 12.8. The number of nitrogens with one attached hydrogen (secondary N) is 1. The second-order valence-electron chi connectivity index (χ2n) is 9.53. The number of phosphoric acid groups is 1. The van der Waals surface area contributed by atoms with Crippen molar-refractivity contribution >= 4 is 36.5 Å². The Morgan fingerprint density at radius 1 is 1.02 bits per heavy atom. The molecule has 1 heterocycles. The molecule has 0 aliphatic rings. The number of urea groups is 1. The Bertz CT molecular complexity index is 1420. The predicted molar refractivity (Wildman–Crippen MR) is 158 cm³/mol. The number of likely N-dealkylation sites (N-methyl/N-ethyl adjacent to an activating group) is 1. The van der Waals surface area contributed by atoms with E-state index in [-0.39, 0.29) is 44.3 Å². The van der Waals surface area contributed by atoms with E-state index in [0.29, 0.717) is 19.3 Å². The van der Waals surface area contributed by atoms with Gasteiger partial charge in [-0.25, -0.2) is 27.9 Å². The number of halogens is 2. The Labute approximate surface area is 249 Å². The average Bonchev–Trinajstić information content (AvgIpc) is 2.98. The molecule has 0 radical (unpaired) electrons. The summed E-state index contributed by atoms with van der Waals surface area (Å²) in [5.41, 5.74) is -0.0315. The molecule has 3 rings (SSSR count). The van der Waals surface area contributed by atoms with E-state index in [1.807, 2.05) is 24.3 Å². The number of benzene rings is 2. The first-order valence-corrected chi connectivity index (χ1v) is 15.4. The molecule has 1 unspecified atom stereocenters. The molecule has 3 aromatic rings. The number of carbonyl (C=O) groups excluding carboxylic acids is 1. The first-order valence-electron chi connectivity index (χ1n) is 13.9. The van der Waals surface area contributed by atoms with Crippen LogP contribution in [0.25, 0.3) is 10.8 Å². The van der Waals surface area contributed by atoms with Gasteiger partial charge in [0.05, 0.1) is 32.4 Å². The number of hydrogen-bond acceptors (Lipinski definition) is 7. The number of unbranched alkanes of at least 4 members (excludes halogenated alkanes) is 1. The average molecular weight is 623 g/mol. The molecule has 11 nitrogen and oxygen atoms in total. The summed E-state index contributed by atoms with van der Waals surface area (Å²) in [4.78, 5) is 32.2. The third kappa shape index (κ3) is 9.69. The normalized spacial score (nSPS) is 12.2. The van der Waals surface area contributed by atoms with Gasteiger partial charge in [-0.15, -0.1) is 0 Å². The first kappa shape index (κ1) is 33.9. The van der Waals surface area contributed by atoms with Gasteiger partial charge in [0.25, 0.3) is 0 Å². The molecule has 0 saturated heterocycles. The van der Waals surface area contributed by atoms with E-state index < -0.39 is 37.6 Å². The van der Waals surface area contributed by atoms with Gasteiger partial charge in [-0.2, -0.15) is 0 Å². The zero-order valence-electron chi connectivity index (χ0n) is 24.4. The van der Waals surface area contributed by atoms with Gasteiger partial charge in [-0.1, -0.05) is 36.4 Å². The van der Waals surface area contributed by atoms with Gasteiger partial charge in [-0.3, -0.25) is 18.5 Å². The molecule has 43 heavy (non-hydrogen) atoms. The summed E-state index contributed by atoms with van der Waals surface area (Å²) in [5.74, 6) is -1.90. The molecule has 0 spiro atoms. The molecule has 14 heteroatoms. The van der Waals surface area contributed by atoms with Gasteiger partial charge >= 0.3 is 19.9 Å². The van der Waals surface area contributed by atoms with E-state index in [9.17, 15) is 28.0 Å². The molecule has 234 valence electrons. The summed E-state index contributed by atoms with van der Waals surface area (Å²) >= 11 is 0. The summed E-state index contributed by atoms with van der Waals surface area (Å²) in [6.45, 7) is 3.28. The van der Waals surface area contributed by atoms with E-state index in [1.165, 1.54) is 24.1 Å². The summed E-state index contributed by atoms with van der Waals surface area (Å²) in [7, 11) is -2.20. The van der Waals surface area contributed by atoms with Crippen molar-refractivity contribution in [3.63, 3.8) is 0 Å². The molecule has 3 amide bonds. The van der Waals surface area contributed by atoms with E-state index in [0.717, 1.165) is 21.7 Å². The van der Waals surface area contributed by atoms with Crippen LogP contribution in [0, 0.1) is 11.6 Å². The lowest BCUT2D eigenvalue weighted by Crippen LogP contribution is -2.49. The third-order valence-electron chi connectivity index (χ3n) is 6.60. The van der Waals surface area contributed by atoms with Crippen LogP contribution in [0.15, 0.2) is 54.7 Å². The van der Waals surface area contributed by atoms with E-state index in [1.54, 1.807) is 26.1 Å². The van der Waals surface area contributed by atoms with Crippen LogP contribution < -0.4 is 10.2 Å². The quantitative estimate of drug-likeness (QED) is 0.135. The highest BCUT2D eigenvalue weighted by molar-refractivity contribution is 7.48. The lowest BCUT2D eigenvalue weighted by Gasteiger charge is -2.32. The van der Waals surface area contributed by atoms with Crippen LogP contribution in [0.5, 0.6) is 0 Å². The Hall–Kier alpha value is -3.64. The van der Waals surface area contributed by atoms with Crippen LogP contribution in [0.4, 0.5) is 24.2 Å². The lowest BCUT2D eigenvalue weighted by molar-refractivity contribution is 0.119. The molecule has 2 aromatic carbocycles. The largest absolute Gasteiger partial charge is 0.474 e. The van der Waals surface area contributed by atoms with Crippen molar-refractivity contribution in [2.45, 2.75) is 45.7 Å². The molecule has 0 aliphatic heterocycles. The number of nitrogens with zero attached hydrogens (tertiary/aromatic N) is 3. The van der Waals surface area contributed by atoms with Gasteiger partial charge < -0.3 is 15.3 Å². The molecular formula is C29H37F2N4O7P. The minimum Gasteiger partial charge on any atom is -0.465 e. The minimum atomic E-state index is -3.69. The molecule has 0 fully saturated rings. The van der Waals surface area contributed by atoms with Crippen LogP contribution in [0.1, 0.15) is 38.7 Å². The van der Waals surface area contributed by atoms with Gasteiger partial charge in [0.1, 0.15) is 5.82 Å². The topological polar surface area (TPSA) is 131 Å². The number of anilines is 1. The highest BCUT2D eigenvalue weighted by Gasteiger charge is 2.28. The van der Waals surface area contributed by atoms with Crippen LogP contribution in [0.3, 0.4) is 0 Å². The number of fused-ring (bicyclic) bond motifs is 1. The van der Waals surface area contributed by atoms with Gasteiger partial charge in [0, 0.05) is 30.7 Å². The number of phosphoric ester groups is 1. The summed E-state index contributed by atoms with van der Waals surface area (Å²) in [6, 6.07) is 11.4. The Morgan fingerprint density at radius 2 is 1.72 bits per heavy atom. The Balaban J connectivity index is 1.75. The van der Waals surface area contributed by atoms with E-state index in [2.05, 4.69) is 10.3 Å². The monoisotopic (exact) mass is 622 g/mol. The van der Waals surface area contributed by atoms with Crippen LogP contribution >= 0.6 is 7.82 Å². The van der Waals surface area contributed by atoms with Crippen LogP contribution in [-0.4, -0.2) is 66.6 Å². The number of rotatable bonds is 16. The maximum atomic E-state index is 14.1. The van der Waals surface area contributed by atoms with Crippen molar-refractivity contribution in [2.75, 3.05) is 38.3 Å². The number of amides is 3. The molecular weight excluding hydrogens is 585 g/mol. The number of carboxylic acid groups (broad SMARTS) is 1. The SMILES string of the molecule is CCOP(=O)(OCC)OCCCCC(CN(C(=O)O)c1cc2ccccc2cn1)N(C)C(=O)NCc1cccc(F)c1F. The fraction of sp³-hybridized carbons (Fsp3) is 0.414. The number of pyridine rings is 1. The van der Waals surface area contributed by atoms with Gasteiger partial charge in [0.2, 0.25) is 0 Å². The molecule has 0 saturated carbocycles. The van der Waals surface area contributed by atoms with Crippen LogP contribution in [0.2, 0.25) is 0 Å². The number of hydrogen-bond donors (Lipinski definition) is 2. The fourth-order valence-electron chi connectivity index (χ4n) is 4.34. The van der Waals surface area contributed by atoms with E-state index >= 15 is 0 Å². The van der Waals surface area contributed by atoms with E-state index in [4.69, 9.17) is 13.6 Å². The first-order chi connectivity index (χ1) is 20.6. The number of aromatic nitrogens is 1. The maximum absolute atomic E-state index is 14.1. The standard InChI is InChI=1S/C29H37F2N4O7P/c1-4-40-43(39,41-5-2)42-16-9-8-14-24(34(3)28(36)33-19-23-13-10-15-25(30)27(23)31)20-35(29(37)38)26-17-21-11-6-7-12-22(21)18-32-26/h6-7,10-13,15,17-18,24H,4-5,8-9,14,16,19-20H2,1-3H3,(H,33,36)(H,37,38). The van der Waals surface area contributed by atoms with Crippen LogP contribution in [-0.2, 0) is 24.7 Å². The summed E-state index contributed by atoms with van der Waals surface area (Å²) < 4.78 is 55.9. The van der Waals surface area contributed by atoms with Crippen molar-refractivity contribution in [2.24, 2.45) is 0 Å². The molecule has 1 atom stereocenters. The lowest BCUT2D eigenvalue weighted by atomic mass is 10.1. The van der Waals surface area contributed by atoms with Gasteiger partial charge in [-0.05, 0) is 50.6 Å². The van der Waals surface area contributed by atoms with Gasteiger partial charge in [0.15, 0.2) is 11.6 Å². The highest BCUT2D eigenvalue weighted by atomic mass is 31.2. The fourth-order valence-corrected chi connectivity index (χ4v) is 5.55. The van der Waals surface area contributed by atoms with Crippen molar-refractivity contribution in [1.29, 1.82) is 0 Å². The predicted octanol–water partition coefficient (Wildman–Crippen LogP) is 6.58. The number of carbonyl (C=O) groups is 2. The molecule has 2 N–H and O–H groups in total. The minimum absolute atomic E-state index is 0.0315. The second kappa shape index (κ2) is 16.3. The van der Waals surface area contributed by atoms with Crippen molar-refractivity contribution < 1.29 is 41.6 Å². The zero-order valence-corrected chi connectivity index (χ0v) is 25.3. The molecule has 0 bridgehead atoms. The van der Waals surface area contributed by atoms with Crippen molar-refractivity contribution in [1.82, 2.24) is 15.2 Å². The Morgan fingerprint density at radius 3 is 2.40 bits per heavy atom.